The average Bonchev–Trinajstić information content (AvgIpc) is 2.64. The summed E-state index contributed by atoms with van der Waals surface area (Å²) in [5.74, 6) is 0.649. The standard InChI is InChI=1S/C9H9ClN2/c10-8-6-1-2-7(3-6)9(8,4-11)5-12/h6-8H,1-3H2. The van der Waals surface area contributed by atoms with Crippen molar-refractivity contribution in [1.82, 2.24) is 0 Å². The Morgan fingerprint density at radius 2 is 1.92 bits per heavy atom. The fraction of sp³-hybridized carbons (Fsp3) is 0.778. The number of halogens is 1. The van der Waals surface area contributed by atoms with Gasteiger partial charge in [0.15, 0.2) is 5.41 Å². The number of fused-ring (bicyclic) bond motifs is 2. The topological polar surface area (TPSA) is 47.6 Å². The molecule has 0 N–H and O–H groups in total. The van der Waals surface area contributed by atoms with Crippen molar-refractivity contribution in [2.24, 2.45) is 17.3 Å². The Morgan fingerprint density at radius 1 is 1.25 bits per heavy atom. The van der Waals surface area contributed by atoms with Crippen LogP contribution in [-0.2, 0) is 0 Å². The van der Waals surface area contributed by atoms with Crippen LogP contribution in [0.4, 0.5) is 0 Å². The molecule has 0 amide bonds. The SMILES string of the molecule is N#CC1(C#N)C2CCC(C2)C1Cl. The Morgan fingerprint density at radius 3 is 2.25 bits per heavy atom. The minimum absolute atomic E-state index is 0.230. The third-order valence-electron chi connectivity index (χ3n) is 3.34. The number of hydrogen-bond donors (Lipinski definition) is 0. The third kappa shape index (κ3) is 0.692. The molecule has 2 bridgehead atoms. The van der Waals surface area contributed by atoms with E-state index in [1.54, 1.807) is 0 Å². The summed E-state index contributed by atoms with van der Waals surface area (Å²) in [6.07, 6.45) is 3.09. The molecule has 2 saturated carbocycles. The van der Waals surface area contributed by atoms with Crippen molar-refractivity contribution >= 4 is 11.6 Å². The average molecular weight is 181 g/mol. The van der Waals surface area contributed by atoms with Gasteiger partial charge in [0.05, 0.1) is 17.5 Å². The van der Waals surface area contributed by atoms with E-state index in [2.05, 4.69) is 12.1 Å². The van der Waals surface area contributed by atoms with Crippen molar-refractivity contribution in [2.75, 3.05) is 0 Å². The van der Waals surface area contributed by atoms with Crippen LogP contribution in [0.1, 0.15) is 19.3 Å². The van der Waals surface area contributed by atoms with Crippen molar-refractivity contribution in [3.63, 3.8) is 0 Å². The van der Waals surface area contributed by atoms with Gasteiger partial charge in [0.2, 0.25) is 0 Å². The highest BCUT2D eigenvalue weighted by Gasteiger charge is 2.58. The van der Waals surface area contributed by atoms with E-state index in [1.807, 2.05) is 0 Å². The molecule has 3 atom stereocenters. The van der Waals surface area contributed by atoms with Crippen LogP contribution in [0.3, 0.4) is 0 Å². The second-order valence-electron chi connectivity index (χ2n) is 3.76. The van der Waals surface area contributed by atoms with Crippen LogP contribution in [0.15, 0.2) is 0 Å². The summed E-state index contributed by atoms with van der Waals surface area (Å²) in [7, 11) is 0. The summed E-state index contributed by atoms with van der Waals surface area (Å²) in [6.45, 7) is 0. The summed E-state index contributed by atoms with van der Waals surface area (Å²) in [4.78, 5) is 0. The second kappa shape index (κ2) is 2.38. The molecular formula is C9H9ClN2. The van der Waals surface area contributed by atoms with Gasteiger partial charge < -0.3 is 0 Å². The Balaban J connectivity index is 2.40. The summed E-state index contributed by atoms with van der Waals surface area (Å²) < 4.78 is 0. The maximum absolute atomic E-state index is 8.95. The molecule has 2 aliphatic rings. The van der Waals surface area contributed by atoms with Gasteiger partial charge in [-0.05, 0) is 31.1 Å². The van der Waals surface area contributed by atoms with Crippen LogP contribution in [0.2, 0.25) is 0 Å². The first-order chi connectivity index (χ1) is 5.74. The third-order valence-corrected chi connectivity index (χ3v) is 4.04. The van der Waals surface area contributed by atoms with E-state index >= 15 is 0 Å². The highest BCUT2D eigenvalue weighted by Crippen LogP contribution is 2.57. The van der Waals surface area contributed by atoms with Gasteiger partial charge in [-0.25, -0.2) is 0 Å². The molecule has 62 valence electrons. The van der Waals surface area contributed by atoms with Gasteiger partial charge in [-0.1, -0.05) is 0 Å². The molecule has 3 heteroatoms. The van der Waals surface area contributed by atoms with E-state index in [4.69, 9.17) is 22.1 Å². The van der Waals surface area contributed by atoms with E-state index in [-0.39, 0.29) is 11.3 Å². The quantitative estimate of drug-likeness (QED) is 0.536. The van der Waals surface area contributed by atoms with E-state index in [1.165, 1.54) is 0 Å². The van der Waals surface area contributed by atoms with Crippen LogP contribution >= 0.6 is 11.6 Å². The number of nitrogens with zero attached hydrogens (tertiary/aromatic N) is 2. The lowest BCUT2D eigenvalue weighted by Gasteiger charge is -2.28. The summed E-state index contributed by atoms with van der Waals surface area (Å²) in [6, 6.07) is 4.23. The Hall–Kier alpha value is -0.730. The predicted octanol–water partition coefficient (Wildman–Crippen LogP) is 2.06. The Kier molecular flexibility index (Phi) is 1.56. The molecule has 0 saturated heterocycles. The molecule has 2 fully saturated rings. The number of nitriles is 2. The molecule has 2 aliphatic carbocycles. The van der Waals surface area contributed by atoms with Crippen LogP contribution in [0, 0.1) is 39.9 Å². The molecule has 0 spiro atoms. The number of hydrogen-bond acceptors (Lipinski definition) is 2. The minimum Gasteiger partial charge on any atom is -0.196 e. The molecule has 3 unspecified atom stereocenters. The maximum atomic E-state index is 8.95. The molecule has 0 radical (unpaired) electrons. The van der Waals surface area contributed by atoms with Gasteiger partial charge in [-0.15, -0.1) is 11.6 Å². The fourth-order valence-electron chi connectivity index (χ4n) is 2.62. The van der Waals surface area contributed by atoms with Gasteiger partial charge >= 0.3 is 0 Å². The fourth-order valence-corrected chi connectivity index (χ4v) is 3.13. The first-order valence-corrected chi connectivity index (χ1v) is 4.65. The lowest BCUT2D eigenvalue weighted by molar-refractivity contribution is 0.325. The predicted molar refractivity (Wildman–Crippen MR) is 44.1 cm³/mol. The molecular weight excluding hydrogens is 172 g/mol. The van der Waals surface area contributed by atoms with Gasteiger partial charge in [-0.2, -0.15) is 10.5 Å². The lowest BCUT2D eigenvalue weighted by Crippen LogP contribution is -2.34. The van der Waals surface area contributed by atoms with Gasteiger partial charge in [0.25, 0.3) is 0 Å². The number of rotatable bonds is 0. The highest BCUT2D eigenvalue weighted by molar-refractivity contribution is 6.22. The van der Waals surface area contributed by atoms with Crippen molar-refractivity contribution in [2.45, 2.75) is 24.6 Å². The molecule has 0 aromatic rings. The van der Waals surface area contributed by atoms with Gasteiger partial charge in [-0.3, -0.25) is 0 Å². The smallest absolute Gasteiger partial charge is 0.163 e. The van der Waals surface area contributed by atoms with Crippen molar-refractivity contribution < 1.29 is 0 Å². The van der Waals surface area contributed by atoms with Crippen molar-refractivity contribution in [3.05, 3.63) is 0 Å². The first kappa shape index (κ1) is 7.90. The normalized spacial score (nSPS) is 42.1. The summed E-state index contributed by atoms with van der Waals surface area (Å²) in [5.41, 5.74) is -0.871. The van der Waals surface area contributed by atoms with E-state index in [0.717, 1.165) is 19.3 Å². The maximum Gasteiger partial charge on any atom is 0.163 e. The molecule has 0 aromatic carbocycles. The van der Waals surface area contributed by atoms with E-state index in [0.29, 0.717) is 5.92 Å². The Bertz CT molecular complexity index is 268. The first-order valence-electron chi connectivity index (χ1n) is 4.21. The van der Waals surface area contributed by atoms with E-state index < -0.39 is 5.41 Å². The number of alkyl halides is 1. The zero-order valence-corrected chi connectivity index (χ0v) is 7.38. The Labute approximate surface area is 76.7 Å². The lowest BCUT2D eigenvalue weighted by atomic mass is 9.75. The van der Waals surface area contributed by atoms with E-state index in [9.17, 15) is 0 Å². The largest absolute Gasteiger partial charge is 0.196 e. The zero-order chi connectivity index (χ0) is 8.77. The summed E-state index contributed by atoms with van der Waals surface area (Å²) in [5, 5.41) is 17.7. The van der Waals surface area contributed by atoms with Crippen LogP contribution in [-0.4, -0.2) is 5.38 Å². The van der Waals surface area contributed by atoms with Gasteiger partial charge in [0, 0.05) is 0 Å². The monoisotopic (exact) mass is 180 g/mol. The highest BCUT2D eigenvalue weighted by atomic mass is 35.5. The molecule has 0 heterocycles. The molecule has 2 nitrogen and oxygen atoms in total. The minimum atomic E-state index is -0.871. The zero-order valence-electron chi connectivity index (χ0n) is 6.63. The van der Waals surface area contributed by atoms with Crippen LogP contribution in [0.5, 0.6) is 0 Å². The van der Waals surface area contributed by atoms with Crippen LogP contribution in [0.25, 0.3) is 0 Å². The second-order valence-corrected chi connectivity index (χ2v) is 4.23. The molecule has 0 aromatic heterocycles. The van der Waals surface area contributed by atoms with Gasteiger partial charge in [0.1, 0.15) is 0 Å². The summed E-state index contributed by atoms with van der Waals surface area (Å²) >= 11 is 6.09. The molecule has 12 heavy (non-hydrogen) atoms. The molecule has 0 aliphatic heterocycles. The van der Waals surface area contributed by atoms with Crippen molar-refractivity contribution in [1.29, 1.82) is 10.5 Å². The van der Waals surface area contributed by atoms with Crippen molar-refractivity contribution in [3.8, 4) is 12.1 Å². The van der Waals surface area contributed by atoms with Crippen LogP contribution < -0.4 is 0 Å². The molecule has 2 rings (SSSR count).